The molecule has 4 N–H and O–H groups in total. The van der Waals surface area contributed by atoms with Crippen molar-refractivity contribution < 1.29 is 4.79 Å². The number of nitrogens with two attached hydrogens (primary N) is 1. The average Bonchev–Trinajstić information content (AvgIpc) is 2.08. The molecule has 0 spiro atoms. The summed E-state index contributed by atoms with van der Waals surface area (Å²) in [5, 5.41) is 5.41. The van der Waals surface area contributed by atoms with Gasteiger partial charge in [-0.2, -0.15) is 5.10 Å². The summed E-state index contributed by atoms with van der Waals surface area (Å²) in [6, 6.07) is 1.13. The lowest BCUT2D eigenvalue weighted by molar-refractivity contribution is 0.0952. The zero-order valence-corrected chi connectivity index (χ0v) is 6.55. The highest BCUT2D eigenvalue weighted by atomic mass is 35.5. The van der Waals surface area contributed by atoms with Crippen LogP contribution in [0.1, 0.15) is 10.4 Å². The van der Waals surface area contributed by atoms with Crippen molar-refractivity contribution >= 4 is 17.5 Å². The number of hydrogen-bond acceptors (Lipinski definition) is 4. The van der Waals surface area contributed by atoms with Gasteiger partial charge in [-0.25, -0.2) is 10.9 Å². The van der Waals surface area contributed by atoms with Gasteiger partial charge in [0.1, 0.15) is 10.7 Å². The second-order valence-corrected chi connectivity index (χ2v) is 2.29. The van der Waals surface area contributed by atoms with Crippen molar-refractivity contribution in [3.63, 3.8) is 0 Å². The summed E-state index contributed by atoms with van der Waals surface area (Å²) in [5.41, 5.74) is 0.998. The Bertz CT molecular complexity index is 361. The predicted molar refractivity (Wildman–Crippen MR) is 41.5 cm³/mol. The Kier molecular flexibility index (Phi) is 2.41. The van der Waals surface area contributed by atoms with Gasteiger partial charge in [-0.1, -0.05) is 11.6 Å². The highest BCUT2D eigenvalue weighted by Gasteiger charge is 2.09. The van der Waals surface area contributed by atoms with Gasteiger partial charge in [0.15, 0.2) is 0 Å². The molecule has 7 heteroatoms. The van der Waals surface area contributed by atoms with Gasteiger partial charge in [-0.15, -0.1) is 0 Å². The number of rotatable bonds is 1. The third kappa shape index (κ3) is 1.60. The minimum atomic E-state index is -0.708. The largest absolute Gasteiger partial charge is 0.290 e. The lowest BCUT2D eigenvalue weighted by Gasteiger charge is -1.96. The molecule has 0 aromatic carbocycles. The topological polar surface area (TPSA) is 101 Å². The van der Waals surface area contributed by atoms with Gasteiger partial charge in [-0.05, 0) is 6.07 Å². The van der Waals surface area contributed by atoms with E-state index in [2.05, 4.69) is 5.10 Å². The molecule has 0 aliphatic rings. The van der Waals surface area contributed by atoms with Crippen LogP contribution in [0.15, 0.2) is 10.9 Å². The Labute approximate surface area is 71.7 Å². The molecule has 1 amide bonds. The van der Waals surface area contributed by atoms with Crippen LogP contribution < -0.4 is 16.8 Å². The van der Waals surface area contributed by atoms with Gasteiger partial charge in [-0.3, -0.25) is 15.0 Å². The van der Waals surface area contributed by atoms with Crippen LogP contribution in [0.25, 0.3) is 0 Å². The van der Waals surface area contributed by atoms with Crippen LogP contribution in [0.2, 0.25) is 5.15 Å². The SMILES string of the molecule is NNC(=O)c1cc(Cl)n[nH]c1=O. The molecule has 64 valence electrons. The molecule has 0 radical (unpaired) electrons. The molecule has 0 fully saturated rings. The second kappa shape index (κ2) is 3.33. The number of aromatic nitrogens is 2. The number of amides is 1. The Morgan fingerprint density at radius 2 is 2.42 bits per heavy atom. The van der Waals surface area contributed by atoms with E-state index in [1.165, 1.54) is 0 Å². The van der Waals surface area contributed by atoms with Gasteiger partial charge < -0.3 is 0 Å². The van der Waals surface area contributed by atoms with Crippen LogP contribution in [-0.2, 0) is 0 Å². The summed E-state index contributed by atoms with van der Waals surface area (Å²) in [6.45, 7) is 0. The smallest absolute Gasteiger partial charge is 0.277 e. The standard InChI is InChI=1S/C5H5ClN4O2/c6-3-1-2(4(11)8-7)5(12)10-9-3/h1H,7H2,(H,8,11)(H,10,12). The van der Waals surface area contributed by atoms with Gasteiger partial charge in [0.2, 0.25) is 0 Å². The molecule has 12 heavy (non-hydrogen) atoms. The molecule has 0 saturated heterocycles. The van der Waals surface area contributed by atoms with Crippen LogP contribution in [0.3, 0.4) is 0 Å². The van der Waals surface area contributed by atoms with Crippen molar-refractivity contribution in [1.82, 2.24) is 15.6 Å². The van der Waals surface area contributed by atoms with E-state index in [0.29, 0.717) is 0 Å². The number of halogens is 1. The first-order valence-electron chi connectivity index (χ1n) is 2.91. The number of carbonyl (C=O) groups is 1. The van der Waals surface area contributed by atoms with Gasteiger partial charge in [0.25, 0.3) is 11.5 Å². The van der Waals surface area contributed by atoms with Crippen molar-refractivity contribution in [3.8, 4) is 0 Å². The number of H-pyrrole nitrogens is 1. The van der Waals surface area contributed by atoms with E-state index in [4.69, 9.17) is 17.4 Å². The number of hydrazine groups is 1. The maximum Gasteiger partial charge on any atom is 0.277 e. The normalized spacial score (nSPS) is 9.50. The van der Waals surface area contributed by atoms with Crippen molar-refractivity contribution in [2.75, 3.05) is 0 Å². The van der Waals surface area contributed by atoms with Crippen molar-refractivity contribution in [2.45, 2.75) is 0 Å². The zero-order chi connectivity index (χ0) is 9.14. The predicted octanol–water partition coefficient (Wildman–Crippen LogP) is -0.973. The monoisotopic (exact) mass is 188 g/mol. The molecule has 0 bridgehead atoms. The van der Waals surface area contributed by atoms with E-state index in [1.54, 1.807) is 5.43 Å². The first-order chi connectivity index (χ1) is 5.65. The summed E-state index contributed by atoms with van der Waals surface area (Å²) in [6.07, 6.45) is 0. The average molecular weight is 189 g/mol. The van der Waals surface area contributed by atoms with Crippen LogP contribution in [0.5, 0.6) is 0 Å². The molecule has 0 aliphatic carbocycles. The van der Waals surface area contributed by atoms with E-state index in [1.807, 2.05) is 5.10 Å². The summed E-state index contributed by atoms with van der Waals surface area (Å²) in [4.78, 5) is 21.7. The quantitative estimate of drug-likeness (QED) is 0.300. The molecule has 1 rings (SSSR count). The number of nitrogen functional groups attached to an aromatic ring is 1. The number of hydrogen-bond donors (Lipinski definition) is 3. The van der Waals surface area contributed by atoms with Gasteiger partial charge in [0, 0.05) is 0 Å². The minimum absolute atomic E-state index is 0.0215. The number of nitrogens with zero attached hydrogens (tertiary/aromatic N) is 1. The summed E-state index contributed by atoms with van der Waals surface area (Å²) in [7, 11) is 0. The number of nitrogens with one attached hydrogen (secondary N) is 2. The van der Waals surface area contributed by atoms with Crippen molar-refractivity contribution in [1.29, 1.82) is 0 Å². The number of aromatic amines is 1. The molecule has 6 nitrogen and oxygen atoms in total. The number of carbonyl (C=O) groups excluding carboxylic acids is 1. The first-order valence-corrected chi connectivity index (χ1v) is 3.29. The molecule has 1 heterocycles. The van der Waals surface area contributed by atoms with E-state index >= 15 is 0 Å². The minimum Gasteiger partial charge on any atom is -0.290 e. The third-order valence-electron chi connectivity index (χ3n) is 1.15. The fourth-order valence-corrected chi connectivity index (χ4v) is 0.779. The van der Waals surface area contributed by atoms with Crippen LogP contribution in [0, 0.1) is 0 Å². The Balaban J connectivity index is 3.23. The van der Waals surface area contributed by atoms with Crippen LogP contribution in [0.4, 0.5) is 0 Å². The van der Waals surface area contributed by atoms with E-state index in [9.17, 15) is 9.59 Å². The highest BCUT2D eigenvalue weighted by Crippen LogP contribution is 2.00. The van der Waals surface area contributed by atoms with Crippen molar-refractivity contribution in [3.05, 3.63) is 27.1 Å². The van der Waals surface area contributed by atoms with E-state index in [-0.39, 0.29) is 10.7 Å². The maximum absolute atomic E-state index is 10.9. The Morgan fingerprint density at radius 3 is 3.00 bits per heavy atom. The fourth-order valence-electron chi connectivity index (χ4n) is 0.628. The van der Waals surface area contributed by atoms with Crippen molar-refractivity contribution in [2.24, 2.45) is 5.84 Å². The molecule has 0 unspecified atom stereocenters. The molecular formula is C5H5ClN4O2. The maximum atomic E-state index is 10.9. The first kappa shape index (κ1) is 8.69. The van der Waals surface area contributed by atoms with E-state index < -0.39 is 11.5 Å². The lowest BCUT2D eigenvalue weighted by Crippen LogP contribution is -2.34. The second-order valence-electron chi connectivity index (χ2n) is 1.91. The summed E-state index contributed by atoms with van der Waals surface area (Å²) < 4.78 is 0. The van der Waals surface area contributed by atoms with Gasteiger partial charge in [0.05, 0.1) is 0 Å². The molecule has 1 aromatic rings. The molecule has 1 aromatic heterocycles. The molecule has 0 aliphatic heterocycles. The van der Waals surface area contributed by atoms with Crippen LogP contribution >= 0.6 is 11.6 Å². The summed E-state index contributed by atoms with van der Waals surface area (Å²) in [5.74, 6) is 4.10. The Morgan fingerprint density at radius 1 is 1.75 bits per heavy atom. The third-order valence-corrected chi connectivity index (χ3v) is 1.34. The van der Waals surface area contributed by atoms with Gasteiger partial charge >= 0.3 is 0 Å². The molecular weight excluding hydrogens is 184 g/mol. The highest BCUT2D eigenvalue weighted by molar-refractivity contribution is 6.29. The molecule has 0 atom stereocenters. The fraction of sp³-hybridized carbons (Fsp3) is 0. The lowest BCUT2D eigenvalue weighted by atomic mass is 10.3. The van der Waals surface area contributed by atoms with Crippen LogP contribution in [-0.4, -0.2) is 16.1 Å². The zero-order valence-electron chi connectivity index (χ0n) is 5.80. The Hall–Kier alpha value is -1.40. The molecule has 0 saturated carbocycles. The summed E-state index contributed by atoms with van der Waals surface area (Å²) >= 11 is 5.42. The van der Waals surface area contributed by atoms with E-state index in [0.717, 1.165) is 6.07 Å².